The van der Waals surface area contributed by atoms with Crippen molar-refractivity contribution in [1.82, 2.24) is 14.5 Å². The Morgan fingerprint density at radius 1 is 1.18 bits per heavy atom. The lowest BCUT2D eigenvalue weighted by Gasteiger charge is -2.42. The number of amides is 1. The van der Waals surface area contributed by atoms with E-state index in [2.05, 4.69) is 24.1 Å². The molecule has 28 heavy (non-hydrogen) atoms. The molecule has 3 aliphatic heterocycles. The summed E-state index contributed by atoms with van der Waals surface area (Å²) in [5.74, 6) is 0.507. The van der Waals surface area contributed by atoms with E-state index < -0.39 is 10.0 Å². The second kappa shape index (κ2) is 7.43. The zero-order chi connectivity index (χ0) is 19.9. The molecule has 3 fully saturated rings. The van der Waals surface area contributed by atoms with Crippen molar-refractivity contribution >= 4 is 15.9 Å². The molecule has 1 N–H and O–H groups in total. The summed E-state index contributed by atoms with van der Waals surface area (Å²) in [6, 6.07) is 9.13. The first-order valence-corrected chi connectivity index (χ1v) is 11.9. The number of benzene rings is 1. The van der Waals surface area contributed by atoms with Gasteiger partial charge in [0, 0.05) is 43.7 Å². The van der Waals surface area contributed by atoms with Crippen LogP contribution in [0.1, 0.15) is 39.5 Å². The SMILES string of the molecule is CCC[C@@H](C)N1C[C@H]2C(=O)NC3(CCN(S(=O)(=O)c4ccccc4)CC3)[C@H]2C1. The highest BCUT2D eigenvalue weighted by Crippen LogP contribution is 2.45. The summed E-state index contributed by atoms with van der Waals surface area (Å²) in [7, 11) is -3.47. The van der Waals surface area contributed by atoms with Crippen molar-refractivity contribution in [3.05, 3.63) is 30.3 Å². The number of rotatable bonds is 5. The first kappa shape index (κ1) is 19.9. The molecule has 0 aromatic heterocycles. The van der Waals surface area contributed by atoms with Gasteiger partial charge >= 0.3 is 0 Å². The van der Waals surface area contributed by atoms with Gasteiger partial charge in [0.1, 0.15) is 0 Å². The van der Waals surface area contributed by atoms with Crippen LogP contribution in [-0.4, -0.2) is 61.3 Å². The van der Waals surface area contributed by atoms with E-state index in [1.807, 2.05) is 6.07 Å². The molecule has 0 aliphatic carbocycles. The second-order valence-corrected chi connectivity index (χ2v) is 10.6. The van der Waals surface area contributed by atoms with E-state index in [9.17, 15) is 13.2 Å². The quantitative estimate of drug-likeness (QED) is 0.814. The molecule has 154 valence electrons. The molecule has 0 radical (unpaired) electrons. The first-order chi connectivity index (χ1) is 13.4. The maximum Gasteiger partial charge on any atom is 0.243 e. The van der Waals surface area contributed by atoms with Crippen LogP contribution in [0.25, 0.3) is 0 Å². The Morgan fingerprint density at radius 3 is 2.50 bits per heavy atom. The third-order valence-electron chi connectivity index (χ3n) is 7.09. The second-order valence-electron chi connectivity index (χ2n) is 8.67. The number of nitrogens with zero attached hydrogens (tertiary/aromatic N) is 2. The number of hydrogen-bond donors (Lipinski definition) is 1. The molecule has 1 aromatic carbocycles. The summed E-state index contributed by atoms with van der Waals surface area (Å²) in [4.78, 5) is 15.5. The fraction of sp³-hybridized carbons (Fsp3) is 0.667. The summed E-state index contributed by atoms with van der Waals surface area (Å²) in [6.07, 6.45) is 3.69. The number of hydrogen-bond acceptors (Lipinski definition) is 4. The number of piperidine rings is 1. The standard InChI is InChI=1S/C21H31N3O3S/c1-3-7-16(2)23-14-18-19(15-23)21(22-20(18)25)10-12-24(13-11-21)28(26,27)17-8-5-4-6-9-17/h4-6,8-9,16,18-19H,3,7,10-15H2,1-2H3,(H,22,25)/t16-,18-,19+/m1/s1. The van der Waals surface area contributed by atoms with E-state index in [0.717, 1.165) is 25.9 Å². The van der Waals surface area contributed by atoms with E-state index in [4.69, 9.17) is 0 Å². The zero-order valence-corrected chi connectivity index (χ0v) is 17.6. The Bertz CT molecular complexity index is 819. The fourth-order valence-corrected chi connectivity index (χ4v) is 6.88. The van der Waals surface area contributed by atoms with Crippen LogP contribution in [0, 0.1) is 11.8 Å². The highest BCUT2D eigenvalue weighted by molar-refractivity contribution is 7.89. The average Bonchev–Trinajstić information content (AvgIpc) is 3.24. The van der Waals surface area contributed by atoms with Crippen molar-refractivity contribution in [3.8, 4) is 0 Å². The molecule has 0 saturated carbocycles. The number of carbonyl (C=O) groups is 1. The van der Waals surface area contributed by atoms with Gasteiger partial charge in [0.15, 0.2) is 0 Å². The van der Waals surface area contributed by atoms with Gasteiger partial charge in [-0.25, -0.2) is 8.42 Å². The lowest BCUT2D eigenvalue weighted by molar-refractivity contribution is -0.123. The van der Waals surface area contributed by atoms with Crippen LogP contribution in [-0.2, 0) is 14.8 Å². The van der Waals surface area contributed by atoms with Crippen LogP contribution in [0.5, 0.6) is 0 Å². The molecule has 3 atom stereocenters. The van der Waals surface area contributed by atoms with Crippen LogP contribution < -0.4 is 5.32 Å². The summed E-state index contributed by atoms with van der Waals surface area (Å²) < 4.78 is 27.4. The maximum atomic E-state index is 12.9. The van der Waals surface area contributed by atoms with Gasteiger partial charge < -0.3 is 5.32 Å². The van der Waals surface area contributed by atoms with Gasteiger partial charge in [-0.3, -0.25) is 9.69 Å². The minimum Gasteiger partial charge on any atom is -0.350 e. The Morgan fingerprint density at radius 2 is 1.86 bits per heavy atom. The minimum atomic E-state index is -3.47. The molecule has 3 saturated heterocycles. The molecule has 3 aliphatic rings. The fourth-order valence-electron chi connectivity index (χ4n) is 5.41. The van der Waals surface area contributed by atoms with Crippen LogP contribution in [0.4, 0.5) is 0 Å². The predicted octanol–water partition coefficient (Wildman–Crippen LogP) is 2.08. The van der Waals surface area contributed by atoms with Gasteiger partial charge in [-0.05, 0) is 38.3 Å². The Balaban J connectivity index is 1.47. The van der Waals surface area contributed by atoms with Gasteiger partial charge in [-0.15, -0.1) is 0 Å². The van der Waals surface area contributed by atoms with Gasteiger partial charge in [0.2, 0.25) is 15.9 Å². The van der Waals surface area contributed by atoms with Crippen molar-refractivity contribution in [3.63, 3.8) is 0 Å². The molecule has 0 bridgehead atoms. The smallest absolute Gasteiger partial charge is 0.243 e. The Kier molecular flexibility index (Phi) is 5.27. The largest absolute Gasteiger partial charge is 0.350 e. The first-order valence-electron chi connectivity index (χ1n) is 10.5. The third kappa shape index (κ3) is 3.27. The van der Waals surface area contributed by atoms with Gasteiger partial charge in [-0.1, -0.05) is 31.5 Å². The topological polar surface area (TPSA) is 69.7 Å². The molecule has 4 rings (SSSR count). The summed E-state index contributed by atoms with van der Waals surface area (Å²) in [5, 5.41) is 3.29. The average molecular weight is 406 g/mol. The number of sulfonamides is 1. The van der Waals surface area contributed by atoms with Crippen LogP contribution >= 0.6 is 0 Å². The summed E-state index contributed by atoms with van der Waals surface area (Å²) in [5.41, 5.74) is -0.245. The molecule has 3 heterocycles. The van der Waals surface area contributed by atoms with E-state index in [0.29, 0.717) is 42.8 Å². The normalized spacial score (nSPS) is 29.0. The van der Waals surface area contributed by atoms with Gasteiger partial charge in [0.25, 0.3) is 0 Å². The molecule has 6 nitrogen and oxygen atoms in total. The van der Waals surface area contributed by atoms with Crippen LogP contribution in [0.2, 0.25) is 0 Å². The van der Waals surface area contributed by atoms with Gasteiger partial charge in [0.05, 0.1) is 10.8 Å². The molecule has 0 unspecified atom stereocenters. The number of fused-ring (bicyclic) bond motifs is 2. The van der Waals surface area contributed by atoms with Crippen molar-refractivity contribution in [2.75, 3.05) is 26.2 Å². The van der Waals surface area contributed by atoms with Crippen LogP contribution in [0.3, 0.4) is 0 Å². The van der Waals surface area contributed by atoms with Crippen molar-refractivity contribution in [1.29, 1.82) is 0 Å². The lowest BCUT2D eigenvalue weighted by Crippen LogP contribution is -2.56. The minimum absolute atomic E-state index is 0.0524. The third-order valence-corrected chi connectivity index (χ3v) is 9.01. The monoisotopic (exact) mass is 405 g/mol. The predicted molar refractivity (Wildman–Crippen MR) is 108 cm³/mol. The van der Waals surface area contributed by atoms with Crippen molar-refractivity contribution in [2.45, 2.75) is 56.0 Å². The van der Waals surface area contributed by atoms with Gasteiger partial charge in [-0.2, -0.15) is 4.31 Å². The number of nitrogens with one attached hydrogen (secondary N) is 1. The molecular formula is C21H31N3O3S. The lowest BCUT2D eigenvalue weighted by atomic mass is 9.76. The molecule has 1 aromatic rings. The van der Waals surface area contributed by atoms with E-state index in [1.165, 1.54) is 0 Å². The Hall–Kier alpha value is -1.44. The maximum absolute atomic E-state index is 12.9. The van der Waals surface area contributed by atoms with Crippen molar-refractivity contribution in [2.24, 2.45) is 11.8 Å². The number of likely N-dealkylation sites (tertiary alicyclic amines) is 1. The van der Waals surface area contributed by atoms with Crippen molar-refractivity contribution < 1.29 is 13.2 Å². The van der Waals surface area contributed by atoms with E-state index in [1.54, 1.807) is 28.6 Å². The number of carbonyl (C=O) groups excluding carboxylic acids is 1. The molecular weight excluding hydrogens is 374 g/mol. The van der Waals surface area contributed by atoms with E-state index >= 15 is 0 Å². The summed E-state index contributed by atoms with van der Waals surface area (Å²) >= 11 is 0. The van der Waals surface area contributed by atoms with E-state index in [-0.39, 0.29) is 17.4 Å². The molecule has 7 heteroatoms. The highest BCUT2D eigenvalue weighted by Gasteiger charge is 2.58. The molecule has 1 amide bonds. The summed E-state index contributed by atoms with van der Waals surface area (Å²) in [6.45, 7) is 7.16. The zero-order valence-electron chi connectivity index (χ0n) is 16.8. The highest BCUT2D eigenvalue weighted by atomic mass is 32.2. The van der Waals surface area contributed by atoms with Crippen LogP contribution in [0.15, 0.2) is 35.2 Å². The molecule has 1 spiro atoms. The Labute approximate surface area is 168 Å².